The van der Waals surface area contributed by atoms with Crippen molar-refractivity contribution in [2.75, 3.05) is 13.1 Å². The van der Waals surface area contributed by atoms with Crippen LogP contribution in [-0.2, 0) is 0 Å². The number of aromatic nitrogens is 2. The molecule has 0 radical (unpaired) electrons. The molecule has 1 saturated heterocycles. The number of fused-ring (bicyclic) bond motifs is 2. The van der Waals surface area contributed by atoms with Crippen LogP contribution in [0, 0.1) is 33.6 Å². The average Bonchev–Trinajstić information content (AvgIpc) is 3.12. The largest absolute Gasteiger partial charge is 0.485 e. The summed E-state index contributed by atoms with van der Waals surface area (Å²) in [4.78, 5) is 27.7. The number of carbonyl (C=O) groups is 2. The number of nitrogens with zero attached hydrogens (tertiary/aromatic N) is 1. The minimum absolute atomic E-state index is 0.127. The summed E-state index contributed by atoms with van der Waals surface area (Å²) in [5.74, 6) is -0.538. The molecular formula is C25H27N3O3. The zero-order valence-corrected chi connectivity index (χ0v) is 18.4. The fourth-order valence-electron chi connectivity index (χ4n) is 5.06. The van der Waals surface area contributed by atoms with Crippen LogP contribution in [0.4, 0.5) is 0 Å². The molecule has 2 aliphatic rings. The van der Waals surface area contributed by atoms with Crippen LogP contribution in [-0.4, -0.2) is 40.5 Å². The molecule has 2 N–H and O–H groups in total. The van der Waals surface area contributed by atoms with Crippen LogP contribution >= 0.6 is 0 Å². The van der Waals surface area contributed by atoms with E-state index in [-0.39, 0.29) is 11.6 Å². The Morgan fingerprint density at radius 3 is 2.48 bits per heavy atom. The van der Waals surface area contributed by atoms with E-state index in [1.54, 1.807) is 0 Å². The van der Waals surface area contributed by atoms with Gasteiger partial charge < -0.3 is 10.1 Å². The summed E-state index contributed by atoms with van der Waals surface area (Å²) in [5.41, 5.74) is 5.03. The molecule has 1 atom stereocenters. The van der Waals surface area contributed by atoms with Crippen molar-refractivity contribution in [3.63, 3.8) is 0 Å². The van der Waals surface area contributed by atoms with Crippen LogP contribution in [0.15, 0.2) is 24.3 Å². The van der Waals surface area contributed by atoms with Crippen molar-refractivity contribution in [1.29, 1.82) is 0 Å². The maximum atomic E-state index is 13.9. The third kappa shape index (κ3) is 3.00. The van der Waals surface area contributed by atoms with E-state index in [4.69, 9.17) is 4.74 Å². The summed E-state index contributed by atoms with van der Waals surface area (Å²) < 4.78 is 6.55. The number of piperidine rings is 1. The molecule has 0 bridgehead atoms. The lowest BCUT2D eigenvalue weighted by molar-refractivity contribution is -0.0138. The average molecular weight is 418 g/mol. The molecule has 3 heterocycles. The number of benzene rings is 2. The summed E-state index contributed by atoms with van der Waals surface area (Å²) in [6.45, 7) is 9.31. The van der Waals surface area contributed by atoms with Gasteiger partial charge in [-0.1, -0.05) is 0 Å². The summed E-state index contributed by atoms with van der Waals surface area (Å²) in [6, 6.07) is 7.53. The van der Waals surface area contributed by atoms with Crippen LogP contribution in [0.1, 0.15) is 55.9 Å². The molecule has 0 saturated carbocycles. The smallest absolute Gasteiger partial charge is 0.181 e. The van der Waals surface area contributed by atoms with Gasteiger partial charge in [0.2, 0.25) is 0 Å². The number of ketones is 2. The van der Waals surface area contributed by atoms with Gasteiger partial charge in [0.1, 0.15) is 17.3 Å². The van der Waals surface area contributed by atoms with Crippen molar-refractivity contribution >= 4 is 22.5 Å². The highest BCUT2D eigenvalue weighted by Gasteiger charge is 2.53. The second kappa shape index (κ2) is 7.02. The second-order valence-corrected chi connectivity index (χ2v) is 9.05. The molecule has 3 aromatic rings. The first-order valence-corrected chi connectivity index (χ1v) is 10.9. The molecule has 160 valence electrons. The predicted octanol–water partition coefficient (Wildman–Crippen LogP) is 3.99. The van der Waals surface area contributed by atoms with Crippen molar-refractivity contribution < 1.29 is 14.3 Å². The molecule has 1 fully saturated rings. The normalized spacial score (nSPS) is 20.0. The molecule has 5 rings (SSSR count). The lowest BCUT2D eigenvalue weighted by Gasteiger charge is -2.45. The topological polar surface area (TPSA) is 84.1 Å². The highest BCUT2D eigenvalue weighted by Crippen LogP contribution is 2.44. The third-order valence-electron chi connectivity index (χ3n) is 7.00. The molecular weight excluding hydrogens is 390 g/mol. The Balaban J connectivity index is 1.66. The quantitative estimate of drug-likeness (QED) is 0.486. The first-order chi connectivity index (χ1) is 14.8. The van der Waals surface area contributed by atoms with E-state index in [0.717, 1.165) is 46.4 Å². The summed E-state index contributed by atoms with van der Waals surface area (Å²) in [7, 11) is 0. The van der Waals surface area contributed by atoms with Crippen molar-refractivity contribution in [3.8, 4) is 5.75 Å². The number of carbonyl (C=O) groups excluding carboxylic acids is 2. The number of rotatable bonds is 2. The number of aromatic amines is 1. The fourth-order valence-corrected chi connectivity index (χ4v) is 5.06. The van der Waals surface area contributed by atoms with Crippen LogP contribution < -0.4 is 10.1 Å². The van der Waals surface area contributed by atoms with Gasteiger partial charge in [-0.05, 0) is 81.7 Å². The van der Waals surface area contributed by atoms with Gasteiger partial charge >= 0.3 is 0 Å². The van der Waals surface area contributed by atoms with E-state index >= 15 is 0 Å². The van der Waals surface area contributed by atoms with Gasteiger partial charge in [-0.2, -0.15) is 5.10 Å². The SMILES string of the molecule is Cc1cc2c(cc1C)C(=O)C(C(=O)c1cc(C)c3n[nH]c(C)c3c1)C1(CCNCC1)O2. The van der Waals surface area contributed by atoms with E-state index in [9.17, 15) is 9.59 Å². The van der Waals surface area contributed by atoms with Gasteiger partial charge in [-0.25, -0.2) is 0 Å². The highest BCUT2D eigenvalue weighted by atomic mass is 16.5. The Hall–Kier alpha value is -2.99. The third-order valence-corrected chi connectivity index (χ3v) is 7.00. The minimum Gasteiger partial charge on any atom is -0.485 e. The van der Waals surface area contributed by atoms with Gasteiger partial charge in [0.15, 0.2) is 11.6 Å². The monoisotopic (exact) mass is 417 g/mol. The molecule has 0 amide bonds. The summed E-state index contributed by atoms with van der Waals surface area (Å²) in [6.07, 6.45) is 1.24. The Labute approximate surface area is 181 Å². The van der Waals surface area contributed by atoms with Crippen LogP contribution in [0.5, 0.6) is 5.75 Å². The predicted molar refractivity (Wildman–Crippen MR) is 119 cm³/mol. The van der Waals surface area contributed by atoms with E-state index in [1.807, 2.05) is 52.0 Å². The van der Waals surface area contributed by atoms with E-state index in [1.165, 1.54) is 0 Å². The Bertz CT molecular complexity index is 1230. The first kappa shape index (κ1) is 19.9. The second-order valence-electron chi connectivity index (χ2n) is 9.05. The van der Waals surface area contributed by atoms with Crippen molar-refractivity contribution in [1.82, 2.24) is 15.5 Å². The Kier molecular flexibility index (Phi) is 4.52. The van der Waals surface area contributed by atoms with Gasteiger partial charge in [0.05, 0.1) is 11.1 Å². The molecule has 2 aromatic carbocycles. The van der Waals surface area contributed by atoms with E-state index in [0.29, 0.717) is 29.7 Å². The molecule has 31 heavy (non-hydrogen) atoms. The van der Waals surface area contributed by atoms with Crippen molar-refractivity contribution in [2.24, 2.45) is 5.92 Å². The first-order valence-electron chi connectivity index (χ1n) is 10.9. The van der Waals surface area contributed by atoms with Gasteiger partial charge in [0.25, 0.3) is 0 Å². The number of Topliss-reactive ketones (excluding diaryl/α,β-unsaturated/α-hetero) is 2. The molecule has 1 spiro atoms. The number of aryl methyl sites for hydroxylation is 4. The van der Waals surface area contributed by atoms with Gasteiger partial charge in [0, 0.05) is 29.5 Å². The standard InChI is InChI=1S/C25H27N3O3/c1-13-10-19-20(11-14(13)2)31-25(5-7-26-8-6-25)21(24(19)30)23(29)17-9-15(3)22-18(12-17)16(4)27-28-22/h9-12,21,26H,5-8H2,1-4H3,(H,27,28). The number of H-pyrrole nitrogens is 1. The van der Waals surface area contributed by atoms with Crippen molar-refractivity contribution in [3.05, 3.63) is 57.8 Å². The fraction of sp³-hybridized carbons (Fsp3) is 0.400. The Morgan fingerprint density at radius 2 is 1.74 bits per heavy atom. The molecule has 6 heteroatoms. The van der Waals surface area contributed by atoms with E-state index in [2.05, 4.69) is 15.5 Å². The molecule has 1 aromatic heterocycles. The maximum absolute atomic E-state index is 13.9. The van der Waals surface area contributed by atoms with Crippen molar-refractivity contribution in [2.45, 2.75) is 46.1 Å². The van der Waals surface area contributed by atoms with E-state index < -0.39 is 11.5 Å². The molecule has 1 unspecified atom stereocenters. The number of hydrogen-bond acceptors (Lipinski definition) is 5. The zero-order valence-electron chi connectivity index (χ0n) is 18.4. The zero-order chi connectivity index (χ0) is 21.9. The highest BCUT2D eigenvalue weighted by molar-refractivity contribution is 6.19. The molecule has 6 nitrogen and oxygen atoms in total. The number of ether oxygens (including phenoxy) is 1. The van der Waals surface area contributed by atoms with Crippen LogP contribution in [0.3, 0.4) is 0 Å². The number of nitrogens with one attached hydrogen (secondary N) is 2. The summed E-state index contributed by atoms with van der Waals surface area (Å²) >= 11 is 0. The van der Waals surface area contributed by atoms with Crippen LogP contribution in [0.2, 0.25) is 0 Å². The lowest BCUT2D eigenvalue weighted by atomic mass is 9.70. The maximum Gasteiger partial charge on any atom is 0.181 e. The van der Waals surface area contributed by atoms with Gasteiger partial charge in [-0.3, -0.25) is 14.7 Å². The van der Waals surface area contributed by atoms with Crippen LogP contribution in [0.25, 0.3) is 10.9 Å². The molecule has 0 aliphatic carbocycles. The summed E-state index contributed by atoms with van der Waals surface area (Å²) in [5, 5.41) is 11.6. The Morgan fingerprint density at radius 1 is 1.03 bits per heavy atom. The molecule has 2 aliphatic heterocycles. The van der Waals surface area contributed by atoms with Gasteiger partial charge in [-0.15, -0.1) is 0 Å². The number of hydrogen-bond donors (Lipinski definition) is 2. The lowest BCUT2D eigenvalue weighted by Crippen LogP contribution is -2.58. The minimum atomic E-state index is -0.853.